The van der Waals surface area contributed by atoms with Gasteiger partial charge in [-0.05, 0) is 18.4 Å². The Bertz CT molecular complexity index is 1050. The molecule has 0 fully saturated rings. The maximum Gasteiger partial charge on any atom is 0.431 e. The number of Topliss-reactive ketones (excluding diaryl/α,β-unsaturated/α-hetero) is 1. The second-order valence-electron chi connectivity index (χ2n) is 5.96. The highest BCUT2D eigenvalue weighted by atomic mass is 32.1. The van der Waals surface area contributed by atoms with Crippen LogP contribution in [0, 0.1) is 6.92 Å². The Morgan fingerprint density at radius 3 is 2.70 bits per heavy atom. The average molecular weight is 394 g/mol. The zero-order valence-electron chi connectivity index (χ0n) is 14.2. The first kappa shape index (κ1) is 17.5. The fraction of sp³-hybridized carbons (Fsp3) is 0.250. The number of ketones is 1. The van der Waals surface area contributed by atoms with Gasteiger partial charge in [0.2, 0.25) is 11.7 Å². The summed E-state index contributed by atoms with van der Waals surface area (Å²) < 4.78 is 44.3. The van der Waals surface area contributed by atoms with Gasteiger partial charge in [-0.3, -0.25) is 9.48 Å². The third kappa shape index (κ3) is 2.74. The Hall–Kier alpha value is -2.95. The molecule has 11 heteroatoms. The van der Waals surface area contributed by atoms with Crippen molar-refractivity contribution in [1.29, 1.82) is 0 Å². The number of carbonyl (C=O) groups excluding carboxylic acids is 1. The van der Waals surface area contributed by atoms with Crippen LogP contribution in [0.1, 0.15) is 27.0 Å². The quantitative estimate of drug-likeness (QED) is 0.691. The van der Waals surface area contributed by atoms with Crippen molar-refractivity contribution in [1.82, 2.24) is 24.5 Å². The van der Waals surface area contributed by atoms with E-state index in [0.29, 0.717) is 11.3 Å². The fourth-order valence-electron chi connectivity index (χ4n) is 3.04. The van der Waals surface area contributed by atoms with Gasteiger partial charge in [0, 0.05) is 18.3 Å². The van der Waals surface area contributed by atoms with Gasteiger partial charge in [-0.25, -0.2) is 4.68 Å². The molecule has 0 bridgehead atoms. The third-order valence-electron chi connectivity index (χ3n) is 4.44. The first-order valence-corrected chi connectivity index (χ1v) is 8.71. The first-order chi connectivity index (χ1) is 12.8. The van der Waals surface area contributed by atoms with Crippen molar-refractivity contribution in [3.05, 3.63) is 57.4 Å². The molecule has 0 aliphatic carbocycles. The van der Waals surface area contributed by atoms with Crippen LogP contribution in [-0.2, 0) is 7.05 Å². The van der Waals surface area contributed by atoms with Crippen LogP contribution in [0.5, 0.6) is 0 Å². The summed E-state index contributed by atoms with van der Waals surface area (Å²) in [4.78, 5) is 17.1. The van der Waals surface area contributed by atoms with E-state index in [9.17, 15) is 18.0 Å². The molecule has 0 unspecified atom stereocenters. The van der Waals surface area contributed by atoms with Crippen LogP contribution in [0.25, 0.3) is 0 Å². The summed E-state index contributed by atoms with van der Waals surface area (Å²) in [5.74, 6) is -0.794. The van der Waals surface area contributed by atoms with Gasteiger partial charge in [-0.2, -0.15) is 28.4 Å². The highest BCUT2D eigenvalue weighted by molar-refractivity contribution is 7.12. The smallest absolute Gasteiger partial charge is 0.320 e. The second-order valence-corrected chi connectivity index (χ2v) is 6.91. The van der Waals surface area contributed by atoms with E-state index < -0.39 is 29.3 Å². The van der Waals surface area contributed by atoms with Gasteiger partial charge in [0.25, 0.3) is 0 Å². The topological polar surface area (TPSA) is 77.6 Å². The Balaban J connectivity index is 2.01. The van der Waals surface area contributed by atoms with E-state index >= 15 is 0 Å². The van der Waals surface area contributed by atoms with Crippen LogP contribution in [0.15, 0.2) is 41.3 Å². The van der Waals surface area contributed by atoms with Crippen molar-refractivity contribution < 1.29 is 18.0 Å². The zero-order valence-corrected chi connectivity index (χ0v) is 15.0. The molecule has 0 aromatic carbocycles. The molecule has 0 radical (unpaired) electrons. The van der Waals surface area contributed by atoms with Crippen molar-refractivity contribution in [3.63, 3.8) is 0 Å². The van der Waals surface area contributed by atoms with Crippen LogP contribution < -0.4 is 5.32 Å². The summed E-state index contributed by atoms with van der Waals surface area (Å²) >= 11 is 1.08. The van der Waals surface area contributed by atoms with Crippen molar-refractivity contribution in [2.24, 2.45) is 7.05 Å². The largest absolute Gasteiger partial charge is 0.431 e. The van der Waals surface area contributed by atoms with Gasteiger partial charge in [-0.1, -0.05) is 6.07 Å². The molecule has 1 atom stereocenters. The van der Waals surface area contributed by atoms with E-state index in [1.807, 2.05) is 0 Å². The van der Waals surface area contributed by atoms with Crippen LogP contribution in [0.3, 0.4) is 0 Å². The summed E-state index contributed by atoms with van der Waals surface area (Å²) in [5.41, 5.74) is -0.484. The van der Waals surface area contributed by atoms with Crippen molar-refractivity contribution in [2.45, 2.75) is 19.1 Å². The fourth-order valence-corrected chi connectivity index (χ4v) is 3.72. The van der Waals surface area contributed by atoms with Gasteiger partial charge >= 0.3 is 6.18 Å². The minimum Gasteiger partial charge on any atom is -0.320 e. The maximum absolute atomic E-state index is 13.8. The van der Waals surface area contributed by atoms with Gasteiger partial charge in [0.1, 0.15) is 18.1 Å². The number of nitrogens with one attached hydrogen (secondary N) is 1. The molecule has 1 N–H and O–H groups in total. The van der Waals surface area contributed by atoms with Gasteiger partial charge < -0.3 is 5.32 Å². The predicted octanol–water partition coefficient (Wildman–Crippen LogP) is 3.10. The summed E-state index contributed by atoms with van der Waals surface area (Å²) in [6, 6.07) is 2.02. The minimum atomic E-state index is -4.77. The van der Waals surface area contributed by atoms with Crippen LogP contribution >= 0.6 is 11.3 Å². The Morgan fingerprint density at radius 1 is 1.33 bits per heavy atom. The van der Waals surface area contributed by atoms with E-state index in [1.54, 1.807) is 25.4 Å². The first-order valence-electron chi connectivity index (χ1n) is 7.83. The number of thiophene rings is 1. The summed E-state index contributed by atoms with van der Waals surface area (Å²) in [7, 11) is 1.68. The van der Waals surface area contributed by atoms with Gasteiger partial charge in [0.05, 0.1) is 16.6 Å². The normalized spacial score (nSPS) is 17.0. The summed E-state index contributed by atoms with van der Waals surface area (Å²) in [5, 5.41) is 12.0. The predicted molar refractivity (Wildman–Crippen MR) is 91.5 cm³/mol. The summed E-state index contributed by atoms with van der Waals surface area (Å²) in [6.45, 7) is 1.72. The lowest BCUT2D eigenvalue weighted by Crippen LogP contribution is -2.35. The van der Waals surface area contributed by atoms with Crippen LogP contribution in [-0.4, -0.2) is 36.5 Å². The number of rotatable bonds is 3. The molecule has 4 rings (SSSR count). The van der Waals surface area contributed by atoms with E-state index in [0.717, 1.165) is 17.7 Å². The number of aryl methyl sites for hydroxylation is 1. The molecule has 7 nitrogen and oxygen atoms in total. The number of hydrogen-bond acceptors (Lipinski definition) is 6. The molecule has 0 spiro atoms. The highest BCUT2D eigenvalue weighted by Crippen LogP contribution is 2.42. The second kappa shape index (κ2) is 6.05. The Morgan fingerprint density at radius 2 is 2.11 bits per heavy atom. The molecule has 0 saturated heterocycles. The third-order valence-corrected chi connectivity index (χ3v) is 5.31. The lowest BCUT2D eigenvalue weighted by atomic mass is 9.92. The van der Waals surface area contributed by atoms with E-state index in [-0.39, 0.29) is 10.8 Å². The SMILES string of the molecule is Cc1c([C@@H]2C(C(=O)c3cccs3)=C(C(F)(F)F)Nc3ncnn32)cnn1C. The van der Waals surface area contributed by atoms with E-state index in [1.165, 1.54) is 21.6 Å². The van der Waals surface area contributed by atoms with Gasteiger partial charge in [-0.15, -0.1) is 11.3 Å². The number of aromatic nitrogens is 5. The summed E-state index contributed by atoms with van der Waals surface area (Å²) in [6.07, 6.45) is -2.17. The molecular formula is C16H13F3N6OS. The lowest BCUT2D eigenvalue weighted by molar-refractivity contribution is -0.0918. The minimum absolute atomic E-state index is 0.0849. The number of alkyl halides is 3. The average Bonchev–Trinajstić information content (AvgIpc) is 3.35. The van der Waals surface area contributed by atoms with E-state index in [2.05, 4.69) is 20.5 Å². The Kier molecular flexibility index (Phi) is 3.91. The Labute approximate surface area is 155 Å². The number of nitrogens with zero attached hydrogens (tertiary/aromatic N) is 5. The maximum atomic E-state index is 13.8. The van der Waals surface area contributed by atoms with Crippen molar-refractivity contribution in [2.75, 3.05) is 5.32 Å². The molecule has 1 aliphatic heterocycles. The highest BCUT2D eigenvalue weighted by Gasteiger charge is 2.46. The number of carbonyl (C=O) groups is 1. The number of fused-ring (bicyclic) bond motifs is 1. The molecule has 27 heavy (non-hydrogen) atoms. The molecule has 4 heterocycles. The molecule has 0 amide bonds. The molecular weight excluding hydrogens is 381 g/mol. The van der Waals surface area contributed by atoms with Crippen LogP contribution in [0.4, 0.5) is 19.1 Å². The van der Waals surface area contributed by atoms with Crippen molar-refractivity contribution >= 4 is 23.1 Å². The zero-order chi connectivity index (χ0) is 19.3. The monoisotopic (exact) mass is 394 g/mol. The van der Waals surface area contributed by atoms with Gasteiger partial charge in [0.15, 0.2) is 0 Å². The molecule has 3 aromatic rings. The molecule has 0 saturated carbocycles. The number of allylic oxidation sites excluding steroid dienone is 2. The molecule has 3 aromatic heterocycles. The number of hydrogen-bond donors (Lipinski definition) is 1. The van der Waals surface area contributed by atoms with E-state index in [4.69, 9.17) is 0 Å². The standard InChI is InChI=1S/C16H13F3N6OS/c1-8-9(6-21-24(8)2)12-11(13(26)10-4-3-5-27-10)14(16(17,18)19)23-15-20-7-22-25(12)15/h3-7,12H,1-2H3,(H,20,22,23)/t12-/m1/s1. The van der Waals surface area contributed by atoms with Crippen LogP contribution in [0.2, 0.25) is 0 Å². The number of anilines is 1. The lowest BCUT2D eigenvalue weighted by Gasteiger charge is -2.30. The molecule has 140 valence electrons. The van der Waals surface area contributed by atoms with Crippen molar-refractivity contribution in [3.8, 4) is 0 Å². The molecule has 1 aliphatic rings. The number of halogens is 3.